The number of benzene rings is 2. The molecule has 2 aromatic rings. The third-order valence-electron chi connectivity index (χ3n) is 5.56. The van der Waals surface area contributed by atoms with Crippen LogP contribution in [-0.4, -0.2) is 51.2 Å². The van der Waals surface area contributed by atoms with Crippen molar-refractivity contribution in [3.8, 4) is 0 Å². The molecule has 3 nitrogen and oxygen atoms in total. The molecule has 28 heavy (non-hydrogen) atoms. The lowest BCUT2D eigenvalue weighted by Gasteiger charge is -2.35. The number of anilines is 2. The minimum atomic E-state index is -0.191. The van der Waals surface area contributed by atoms with Gasteiger partial charge in [0, 0.05) is 56.2 Å². The van der Waals surface area contributed by atoms with Gasteiger partial charge in [-0.25, -0.2) is 4.39 Å². The molecule has 148 valence electrons. The molecule has 0 atom stereocenters. The lowest BCUT2D eigenvalue weighted by Crippen LogP contribution is -2.44. The lowest BCUT2D eigenvalue weighted by atomic mass is 10.1. The van der Waals surface area contributed by atoms with Crippen LogP contribution in [0.2, 0.25) is 10.0 Å². The first-order valence-corrected chi connectivity index (χ1v) is 10.4. The summed E-state index contributed by atoms with van der Waals surface area (Å²) in [6.07, 6.45) is 3.12. The van der Waals surface area contributed by atoms with E-state index < -0.39 is 0 Å². The van der Waals surface area contributed by atoms with Crippen molar-refractivity contribution in [2.75, 3.05) is 56.1 Å². The quantitative estimate of drug-likeness (QED) is 0.678. The lowest BCUT2D eigenvalue weighted by molar-refractivity contribution is 0.313. The van der Waals surface area contributed by atoms with E-state index in [-0.39, 0.29) is 5.82 Å². The molecule has 0 spiro atoms. The highest BCUT2D eigenvalue weighted by Crippen LogP contribution is 2.32. The third-order valence-corrected chi connectivity index (χ3v) is 6.30. The van der Waals surface area contributed by atoms with E-state index in [1.807, 2.05) is 24.3 Å². The van der Waals surface area contributed by atoms with Crippen LogP contribution in [0.3, 0.4) is 0 Å². The molecule has 2 saturated heterocycles. The normalized spacial score (nSPS) is 19.6. The molecule has 0 amide bonds. The standard InChI is InChI=1S/C22H24Cl2FN3/c1-26-8-10-27(11-9-26)22-5-2-18(25)13-17(22)12-16-6-7-28(15-16)19-3-4-20(23)21(24)14-19/h2-5,12-14H,6-11,15H2,1H3. The number of halogens is 3. The van der Waals surface area contributed by atoms with Crippen LogP contribution in [-0.2, 0) is 0 Å². The molecule has 0 N–H and O–H groups in total. The Bertz CT molecular complexity index is 891. The van der Waals surface area contributed by atoms with Crippen LogP contribution in [0.5, 0.6) is 0 Å². The maximum Gasteiger partial charge on any atom is 0.123 e. The van der Waals surface area contributed by atoms with Crippen molar-refractivity contribution in [1.29, 1.82) is 0 Å². The monoisotopic (exact) mass is 419 g/mol. The topological polar surface area (TPSA) is 9.72 Å². The van der Waals surface area contributed by atoms with Gasteiger partial charge < -0.3 is 14.7 Å². The van der Waals surface area contributed by atoms with E-state index in [0.717, 1.165) is 62.6 Å². The molecule has 2 heterocycles. The number of nitrogens with zero attached hydrogens (tertiary/aromatic N) is 3. The summed E-state index contributed by atoms with van der Waals surface area (Å²) in [6, 6.07) is 10.9. The summed E-state index contributed by atoms with van der Waals surface area (Å²) in [5, 5.41) is 1.14. The highest BCUT2D eigenvalue weighted by molar-refractivity contribution is 6.42. The highest BCUT2D eigenvalue weighted by atomic mass is 35.5. The van der Waals surface area contributed by atoms with Gasteiger partial charge in [0.1, 0.15) is 5.82 Å². The second-order valence-electron chi connectivity index (χ2n) is 7.57. The Morgan fingerprint density at radius 1 is 0.893 bits per heavy atom. The first kappa shape index (κ1) is 19.6. The maximum atomic E-state index is 14.0. The van der Waals surface area contributed by atoms with Gasteiger partial charge in [0.25, 0.3) is 0 Å². The van der Waals surface area contributed by atoms with Crippen molar-refractivity contribution in [3.05, 3.63) is 63.4 Å². The number of rotatable bonds is 3. The maximum absolute atomic E-state index is 14.0. The Balaban J connectivity index is 1.55. The summed E-state index contributed by atoms with van der Waals surface area (Å²) < 4.78 is 14.0. The van der Waals surface area contributed by atoms with Crippen LogP contribution >= 0.6 is 23.2 Å². The first-order valence-electron chi connectivity index (χ1n) is 9.62. The molecule has 2 aromatic carbocycles. The van der Waals surface area contributed by atoms with Crippen molar-refractivity contribution in [2.45, 2.75) is 6.42 Å². The van der Waals surface area contributed by atoms with Gasteiger partial charge in [0.2, 0.25) is 0 Å². The van der Waals surface area contributed by atoms with Gasteiger partial charge in [0.15, 0.2) is 0 Å². The van der Waals surface area contributed by atoms with E-state index >= 15 is 0 Å². The van der Waals surface area contributed by atoms with Crippen LogP contribution < -0.4 is 9.80 Å². The Labute approximate surface area is 175 Å². The summed E-state index contributed by atoms with van der Waals surface area (Å²) >= 11 is 12.2. The van der Waals surface area contributed by atoms with Crippen LogP contribution in [0, 0.1) is 5.82 Å². The zero-order valence-electron chi connectivity index (χ0n) is 16.0. The molecule has 4 rings (SSSR count). The van der Waals surface area contributed by atoms with Gasteiger partial charge in [-0.05, 0) is 55.4 Å². The molecule has 2 fully saturated rings. The van der Waals surface area contributed by atoms with E-state index in [2.05, 4.69) is 27.8 Å². The van der Waals surface area contributed by atoms with Crippen molar-refractivity contribution in [2.24, 2.45) is 0 Å². The van der Waals surface area contributed by atoms with E-state index in [1.165, 1.54) is 5.57 Å². The summed E-state index contributed by atoms with van der Waals surface area (Å²) in [5.74, 6) is -0.191. The summed E-state index contributed by atoms with van der Waals surface area (Å²) in [4.78, 5) is 6.96. The van der Waals surface area contributed by atoms with E-state index in [4.69, 9.17) is 23.2 Å². The van der Waals surface area contributed by atoms with Crippen LogP contribution in [0.15, 0.2) is 42.0 Å². The second kappa shape index (κ2) is 8.32. The largest absolute Gasteiger partial charge is 0.368 e. The molecule has 2 aliphatic rings. The number of hydrogen-bond donors (Lipinski definition) is 0. The van der Waals surface area contributed by atoms with Crippen molar-refractivity contribution in [1.82, 2.24) is 4.90 Å². The van der Waals surface area contributed by atoms with Gasteiger partial charge in [-0.1, -0.05) is 29.3 Å². The Morgan fingerprint density at radius 2 is 1.68 bits per heavy atom. The zero-order valence-corrected chi connectivity index (χ0v) is 17.5. The Morgan fingerprint density at radius 3 is 2.43 bits per heavy atom. The average molecular weight is 420 g/mol. The number of piperazine rings is 1. The Kier molecular flexibility index (Phi) is 5.81. The van der Waals surface area contributed by atoms with E-state index in [0.29, 0.717) is 10.0 Å². The average Bonchev–Trinajstić information content (AvgIpc) is 3.14. The van der Waals surface area contributed by atoms with Crippen molar-refractivity contribution in [3.63, 3.8) is 0 Å². The SMILES string of the molecule is CN1CCN(c2ccc(F)cc2C=C2CCN(c3ccc(Cl)c(Cl)c3)C2)CC1. The van der Waals surface area contributed by atoms with Gasteiger partial charge in [-0.3, -0.25) is 0 Å². The van der Waals surface area contributed by atoms with Crippen molar-refractivity contribution >= 4 is 40.7 Å². The third kappa shape index (κ3) is 4.29. The van der Waals surface area contributed by atoms with E-state index in [9.17, 15) is 4.39 Å². The second-order valence-corrected chi connectivity index (χ2v) is 8.38. The predicted molar refractivity (Wildman–Crippen MR) is 117 cm³/mol. The number of hydrogen-bond acceptors (Lipinski definition) is 3. The molecule has 6 heteroatoms. The van der Waals surface area contributed by atoms with Crippen LogP contribution in [0.4, 0.5) is 15.8 Å². The molecule has 0 bridgehead atoms. The fourth-order valence-electron chi connectivity index (χ4n) is 3.90. The molecule has 0 radical (unpaired) electrons. The van der Waals surface area contributed by atoms with Gasteiger partial charge in [0.05, 0.1) is 10.0 Å². The smallest absolute Gasteiger partial charge is 0.123 e. The Hall–Kier alpha value is -1.75. The fraction of sp³-hybridized carbons (Fsp3) is 0.364. The predicted octanol–water partition coefficient (Wildman–Crippen LogP) is 5.18. The summed E-state index contributed by atoms with van der Waals surface area (Å²) in [7, 11) is 2.14. The van der Waals surface area contributed by atoms with Gasteiger partial charge >= 0.3 is 0 Å². The summed E-state index contributed by atoms with van der Waals surface area (Å²) in [6.45, 7) is 5.72. The van der Waals surface area contributed by atoms with Crippen molar-refractivity contribution < 1.29 is 4.39 Å². The summed E-state index contributed by atoms with van der Waals surface area (Å²) in [5.41, 5.74) is 4.45. The van der Waals surface area contributed by atoms with E-state index in [1.54, 1.807) is 12.1 Å². The molecule has 2 aliphatic heterocycles. The fourth-order valence-corrected chi connectivity index (χ4v) is 4.19. The van der Waals surface area contributed by atoms with Crippen LogP contribution in [0.25, 0.3) is 6.08 Å². The highest BCUT2D eigenvalue weighted by Gasteiger charge is 2.20. The molecular formula is C22H24Cl2FN3. The molecule has 0 aromatic heterocycles. The molecule has 0 aliphatic carbocycles. The first-order chi connectivity index (χ1) is 13.5. The zero-order chi connectivity index (χ0) is 19.7. The molecular weight excluding hydrogens is 396 g/mol. The minimum Gasteiger partial charge on any atom is -0.368 e. The molecule has 0 unspecified atom stereocenters. The van der Waals surface area contributed by atoms with Gasteiger partial charge in [-0.2, -0.15) is 0 Å². The molecule has 0 saturated carbocycles. The van der Waals surface area contributed by atoms with Crippen LogP contribution in [0.1, 0.15) is 12.0 Å². The van der Waals surface area contributed by atoms with Gasteiger partial charge in [-0.15, -0.1) is 0 Å². The number of likely N-dealkylation sites (N-methyl/N-ethyl adjacent to an activating group) is 1. The minimum absolute atomic E-state index is 0.191.